The zero-order chi connectivity index (χ0) is 9.68. The number of para-hydroxylation sites is 1. The number of hydrogen-bond donors (Lipinski definition) is 1. The third kappa shape index (κ3) is 3.16. The third-order valence-electron chi connectivity index (χ3n) is 1.61. The average molecular weight is 305 g/mol. The van der Waals surface area contributed by atoms with E-state index in [1.54, 1.807) is 0 Å². The molecule has 0 saturated heterocycles. The van der Waals surface area contributed by atoms with Crippen molar-refractivity contribution in [3.8, 4) is 0 Å². The number of rotatable bonds is 4. The number of halogens is 2. The first-order valence-electron chi connectivity index (χ1n) is 4.04. The van der Waals surface area contributed by atoms with Gasteiger partial charge in [-0.05, 0) is 50.4 Å². The van der Waals surface area contributed by atoms with E-state index in [9.17, 15) is 0 Å². The summed E-state index contributed by atoms with van der Waals surface area (Å²) in [4.78, 5) is 0. The molecular formula is C10H11Br2N. The van der Waals surface area contributed by atoms with Crippen LogP contribution >= 0.6 is 31.9 Å². The smallest absolute Gasteiger partial charge is 0.0629 e. The van der Waals surface area contributed by atoms with E-state index in [4.69, 9.17) is 0 Å². The molecule has 70 valence electrons. The number of hydrogen-bond acceptors (Lipinski definition) is 1. The first-order chi connectivity index (χ1) is 6.25. The maximum atomic E-state index is 3.67. The Morgan fingerprint density at radius 3 is 2.46 bits per heavy atom. The van der Waals surface area contributed by atoms with Crippen LogP contribution in [0, 0.1) is 0 Å². The van der Waals surface area contributed by atoms with E-state index in [0.29, 0.717) is 0 Å². The number of anilines is 1. The molecule has 13 heavy (non-hydrogen) atoms. The normalized spacial score (nSPS) is 9.69. The van der Waals surface area contributed by atoms with Gasteiger partial charge in [0.2, 0.25) is 0 Å². The van der Waals surface area contributed by atoms with E-state index < -0.39 is 0 Å². The van der Waals surface area contributed by atoms with Crippen molar-refractivity contribution >= 4 is 37.5 Å². The van der Waals surface area contributed by atoms with Gasteiger partial charge in [-0.2, -0.15) is 0 Å². The Morgan fingerprint density at radius 2 is 1.92 bits per heavy atom. The van der Waals surface area contributed by atoms with Gasteiger partial charge in [0.1, 0.15) is 0 Å². The summed E-state index contributed by atoms with van der Waals surface area (Å²) in [6, 6.07) is 6.02. The Bertz CT molecular complexity index is 277. The third-order valence-corrected chi connectivity index (χ3v) is 2.93. The maximum Gasteiger partial charge on any atom is 0.0629 e. The van der Waals surface area contributed by atoms with Crippen molar-refractivity contribution in [3.63, 3.8) is 0 Å². The lowest BCUT2D eigenvalue weighted by Gasteiger charge is -2.08. The monoisotopic (exact) mass is 303 g/mol. The van der Waals surface area contributed by atoms with Crippen LogP contribution in [0.15, 0.2) is 39.8 Å². The second-order valence-corrected chi connectivity index (χ2v) is 4.31. The topological polar surface area (TPSA) is 12.0 Å². The van der Waals surface area contributed by atoms with Gasteiger partial charge < -0.3 is 5.32 Å². The first kappa shape index (κ1) is 10.8. The van der Waals surface area contributed by atoms with Crippen LogP contribution in [0.25, 0.3) is 0 Å². The molecule has 0 bridgehead atoms. The highest BCUT2D eigenvalue weighted by molar-refractivity contribution is 9.11. The second kappa shape index (κ2) is 5.45. The van der Waals surface area contributed by atoms with E-state index in [1.807, 2.05) is 24.3 Å². The van der Waals surface area contributed by atoms with Crippen LogP contribution in [0.3, 0.4) is 0 Å². The minimum atomic E-state index is 0.907. The average Bonchev–Trinajstić information content (AvgIpc) is 2.10. The minimum absolute atomic E-state index is 0.907. The lowest BCUT2D eigenvalue weighted by molar-refractivity contribution is 1.07. The number of benzene rings is 1. The summed E-state index contributed by atoms with van der Waals surface area (Å²) in [5, 5.41) is 3.32. The van der Waals surface area contributed by atoms with Gasteiger partial charge in [0.25, 0.3) is 0 Å². The highest BCUT2D eigenvalue weighted by atomic mass is 79.9. The zero-order valence-corrected chi connectivity index (χ0v) is 10.4. The largest absolute Gasteiger partial charge is 0.383 e. The minimum Gasteiger partial charge on any atom is -0.383 e. The van der Waals surface area contributed by atoms with Gasteiger partial charge >= 0.3 is 0 Å². The Kier molecular flexibility index (Phi) is 4.53. The fourth-order valence-corrected chi connectivity index (χ4v) is 2.24. The molecule has 0 fully saturated rings. The lowest BCUT2D eigenvalue weighted by Crippen LogP contribution is -2.01. The molecule has 0 amide bonds. The molecule has 0 heterocycles. The molecule has 3 heteroatoms. The van der Waals surface area contributed by atoms with Gasteiger partial charge in [-0.3, -0.25) is 0 Å². The molecule has 0 saturated carbocycles. The Balaban J connectivity index is 2.69. The highest BCUT2D eigenvalue weighted by Gasteiger charge is 2.01. The van der Waals surface area contributed by atoms with Crippen LogP contribution in [-0.2, 0) is 0 Å². The molecule has 0 aliphatic rings. The molecular weight excluding hydrogens is 294 g/mol. The van der Waals surface area contributed by atoms with Crippen molar-refractivity contribution in [1.82, 2.24) is 0 Å². The van der Waals surface area contributed by atoms with Gasteiger partial charge in [0.05, 0.1) is 5.69 Å². The summed E-state index contributed by atoms with van der Waals surface area (Å²) in [7, 11) is 0. The van der Waals surface area contributed by atoms with Gasteiger partial charge in [-0.1, -0.05) is 12.1 Å². The van der Waals surface area contributed by atoms with E-state index >= 15 is 0 Å². The fourth-order valence-electron chi connectivity index (χ4n) is 0.966. The second-order valence-electron chi connectivity index (χ2n) is 2.60. The molecule has 0 spiro atoms. The molecule has 0 atom stereocenters. The quantitative estimate of drug-likeness (QED) is 0.649. The maximum absolute atomic E-state index is 3.67. The summed E-state index contributed by atoms with van der Waals surface area (Å²) < 4.78 is 2.15. The van der Waals surface area contributed by atoms with E-state index in [1.165, 1.54) is 0 Å². The zero-order valence-electron chi connectivity index (χ0n) is 7.19. The molecule has 1 rings (SSSR count). The van der Waals surface area contributed by atoms with Crippen molar-refractivity contribution in [3.05, 3.63) is 39.8 Å². The van der Waals surface area contributed by atoms with Crippen molar-refractivity contribution in [2.45, 2.75) is 6.42 Å². The first-order valence-corrected chi connectivity index (χ1v) is 5.63. The molecule has 0 aliphatic heterocycles. The van der Waals surface area contributed by atoms with Crippen LogP contribution in [0.4, 0.5) is 5.69 Å². The van der Waals surface area contributed by atoms with Crippen LogP contribution in [0.5, 0.6) is 0 Å². The molecule has 0 aromatic heterocycles. The molecule has 0 unspecified atom stereocenters. The summed E-state index contributed by atoms with van der Waals surface area (Å²) in [6.45, 7) is 4.58. The van der Waals surface area contributed by atoms with Crippen LogP contribution < -0.4 is 5.32 Å². The van der Waals surface area contributed by atoms with E-state index in [-0.39, 0.29) is 0 Å². The molecule has 1 aromatic carbocycles. The SMILES string of the molecule is C=CCCNc1c(Br)cccc1Br. The standard InChI is InChI=1S/C10H11Br2N/c1-2-3-7-13-10-8(11)5-4-6-9(10)12/h2,4-6,13H,1,3,7H2. The number of nitrogens with one attached hydrogen (secondary N) is 1. The van der Waals surface area contributed by atoms with Gasteiger partial charge in [0.15, 0.2) is 0 Å². The van der Waals surface area contributed by atoms with Crippen molar-refractivity contribution in [2.75, 3.05) is 11.9 Å². The van der Waals surface area contributed by atoms with Gasteiger partial charge in [-0.15, -0.1) is 6.58 Å². The van der Waals surface area contributed by atoms with Crippen LogP contribution in [-0.4, -0.2) is 6.54 Å². The lowest BCUT2D eigenvalue weighted by atomic mass is 10.3. The predicted molar refractivity (Wildman–Crippen MR) is 65.1 cm³/mol. The molecule has 1 aromatic rings. The molecule has 1 nitrogen and oxygen atoms in total. The van der Waals surface area contributed by atoms with Gasteiger partial charge in [-0.25, -0.2) is 0 Å². The van der Waals surface area contributed by atoms with Crippen molar-refractivity contribution in [1.29, 1.82) is 0 Å². The van der Waals surface area contributed by atoms with E-state index in [2.05, 4.69) is 43.8 Å². The summed E-state index contributed by atoms with van der Waals surface area (Å²) >= 11 is 6.96. The Hall–Kier alpha value is -0.280. The summed E-state index contributed by atoms with van der Waals surface area (Å²) in [5.41, 5.74) is 1.10. The molecule has 1 N–H and O–H groups in total. The summed E-state index contributed by atoms with van der Waals surface area (Å²) in [6.07, 6.45) is 2.87. The Labute approximate surface area is 95.5 Å². The predicted octanol–water partition coefficient (Wildman–Crippen LogP) is 4.20. The van der Waals surface area contributed by atoms with E-state index in [0.717, 1.165) is 27.6 Å². The highest BCUT2D eigenvalue weighted by Crippen LogP contribution is 2.30. The molecule has 0 radical (unpaired) electrons. The van der Waals surface area contributed by atoms with Crippen LogP contribution in [0.2, 0.25) is 0 Å². The van der Waals surface area contributed by atoms with Crippen LogP contribution in [0.1, 0.15) is 6.42 Å². The Morgan fingerprint density at radius 1 is 1.31 bits per heavy atom. The van der Waals surface area contributed by atoms with Gasteiger partial charge in [0, 0.05) is 15.5 Å². The summed E-state index contributed by atoms with van der Waals surface area (Å²) in [5.74, 6) is 0. The molecule has 0 aliphatic carbocycles. The van der Waals surface area contributed by atoms with Crippen molar-refractivity contribution in [2.24, 2.45) is 0 Å². The van der Waals surface area contributed by atoms with Crippen molar-refractivity contribution < 1.29 is 0 Å². The fraction of sp³-hybridized carbons (Fsp3) is 0.200.